The zero-order valence-corrected chi connectivity index (χ0v) is 15.7. The first-order chi connectivity index (χ1) is 12.2. The quantitative estimate of drug-likeness (QED) is 0.911. The summed E-state index contributed by atoms with van der Waals surface area (Å²) in [6.07, 6.45) is 8.87. The zero-order chi connectivity index (χ0) is 17.5. The molecule has 0 bridgehead atoms. The molecule has 0 atom stereocenters. The van der Waals surface area contributed by atoms with Gasteiger partial charge in [0.1, 0.15) is 0 Å². The number of nitrogens with zero attached hydrogens (tertiary/aromatic N) is 2. The Morgan fingerprint density at radius 2 is 1.72 bits per heavy atom. The molecule has 138 valence electrons. The van der Waals surface area contributed by atoms with Crippen molar-refractivity contribution < 1.29 is 4.79 Å². The van der Waals surface area contributed by atoms with E-state index in [1.54, 1.807) is 0 Å². The number of hydrogen-bond acceptors (Lipinski definition) is 3. The van der Waals surface area contributed by atoms with Crippen LogP contribution in [0.15, 0.2) is 24.3 Å². The Labute approximate surface area is 152 Å². The standard InChI is InChI=1S/C21H33N3O/c1-18-8-7-11-20(16-18)24-14-12-23(13-15-24)17-21(25)22-19-9-5-3-2-4-6-10-19/h7-8,11,16,19H,2-6,9-10,12-15,17H2,1H3,(H,22,25). The number of benzene rings is 1. The van der Waals surface area contributed by atoms with Crippen molar-refractivity contribution in [2.45, 2.75) is 57.9 Å². The number of carbonyl (C=O) groups is 1. The molecule has 1 saturated heterocycles. The molecule has 1 aliphatic carbocycles. The fourth-order valence-corrected chi connectivity index (χ4v) is 4.07. The first kappa shape index (κ1) is 18.2. The summed E-state index contributed by atoms with van der Waals surface area (Å²) in [7, 11) is 0. The van der Waals surface area contributed by atoms with Crippen LogP contribution in [0.25, 0.3) is 0 Å². The number of aryl methyl sites for hydroxylation is 1. The van der Waals surface area contributed by atoms with Gasteiger partial charge in [-0.3, -0.25) is 9.69 Å². The zero-order valence-electron chi connectivity index (χ0n) is 15.7. The topological polar surface area (TPSA) is 35.6 Å². The average molecular weight is 344 g/mol. The highest BCUT2D eigenvalue weighted by molar-refractivity contribution is 5.78. The summed E-state index contributed by atoms with van der Waals surface area (Å²) in [4.78, 5) is 17.1. The molecular weight excluding hydrogens is 310 g/mol. The number of anilines is 1. The van der Waals surface area contributed by atoms with Gasteiger partial charge < -0.3 is 10.2 Å². The molecule has 1 amide bonds. The van der Waals surface area contributed by atoms with E-state index in [1.807, 2.05) is 0 Å². The van der Waals surface area contributed by atoms with Crippen LogP contribution in [-0.4, -0.2) is 49.6 Å². The van der Waals surface area contributed by atoms with Gasteiger partial charge in [-0.25, -0.2) is 0 Å². The van der Waals surface area contributed by atoms with Crippen molar-refractivity contribution in [2.24, 2.45) is 0 Å². The Morgan fingerprint density at radius 3 is 2.40 bits per heavy atom. The Morgan fingerprint density at radius 1 is 1.04 bits per heavy atom. The van der Waals surface area contributed by atoms with E-state index in [4.69, 9.17) is 0 Å². The fourth-order valence-electron chi connectivity index (χ4n) is 4.07. The number of amides is 1. The summed E-state index contributed by atoms with van der Waals surface area (Å²) in [5, 5.41) is 3.29. The van der Waals surface area contributed by atoms with Crippen LogP contribution in [-0.2, 0) is 4.79 Å². The van der Waals surface area contributed by atoms with Crippen molar-refractivity contribution in [1.82, 2.24) is 10.2 Å². The molecule has 3 rings (SSSR count). The van der Waals surface area contributed by atoms with Crippen LogP contribution in [0, 0.1) is 6.92 Å². The maximum Gasteiger partial charge on any atom is 0.234 e. The van der Waals surface area contributed by atoms with Gasteiger partial charge in [0.25, 0.3) is 0 Å². The van der Waals surface area contributed by atoms with Gasteiger partial charge in [-0.2, -0.15) is 0 Å². The van der Waals surface area contributed by atoms with Crippen molar-refractivity contribution >= 4 is 11.6 Å². The molecule has 25 heavy (non-hydrogen) atoms. The summed E-state index contributed by atoms with van der Waals surface area (Å²) in [5.74, 6) is 0.217. The minimum Gasteiger partial charge on any atom is -0.369 e. The number of carbonyl (C=O) groups excluding carboxylic acids is 1. The number of piperazine rings is 1. The van der Waals surface area contributed by atoms with Crippen LogP contribution in [0.3, 0.4) is 0 Å². The Hall–Kier alpha value is -1.55. The molecule has 1 saturated carbocycles. The molecule has 0 radical (unpaired) electrons. The van der Waals surface area contributed by atoms with Gasteiger partial charge in [-0.1, -0.05) is 44.2 Å². The van der Waals surface area contributed by atoms with E-state index in [9.17, 15) is 4.79 Å². The third kappa shape index (κ3) is 5.74. The molecule has 4 nitrogen and oxygen atoms in total. The highest BCUT2D eigenvalue weighted by Crippen LogP contribution is 2.18. The lowest BCUT2D eigenvalue weighted by atomic mass is 9.97. The summed E-state index contributed by atoms with van der Waals surface area (Å²) in [5.41, 5.74) is 2.61. The molecule has 1 aromatic carbocycles. The van der Waals surface area contributed by atoms with Crippen LogP contribution in [0.1, 0.15) is 50.5 Å². The average Bonchev–Trinajstić information content (AvgIpc) is 2.58. The van der Waals surface area contributed by atoms with Gasteiger partial charge in [0, 0.05) is 37.9 Å². The summed E-state index contributed by atoms with van der Waals surface area (Å²) in [6.45, 7) is 6.62. The number of hydrogen-bond donors (Lipinski definition) is 1. The van der Waals surface area contributed by atoms with Gasteiger partial charge >= 0.3 is 0 Å². The van der Waals surface area contributed by atoms with Gasteiger partial charge in [-0.05, 0) is 37.5 Å². The Bertz CT molecular complexity index is 544. The van der Waals surface area contributed by atoms with Crippen molar-refractivity contribution in [2.75, 3.05) is 37.6 Å². The predicted octanol–water partition coefficient (Wildman–Crippen LogP) is 3.35. The van der Waals surface area contributed by atoms with E-state index in [0.717, 1.165) is 39.0 Å². The molecule has 0 aromatic heterocycles. The molecule has 1 heterocycles. The molecule has 0 spiro atoms. The predicted molar refractivity (Wildman–Crippen MR) is 104 cm³/mol. The smallest absolute Gasteiger partial charge is 0.234 e. The van der Waals surface area contributed by atoms with Gasteiger partial charge in [0.2, 0.25) is 5.91 Å². The number of rotatable bonds is 4. The summed E-state index contributed by atoms with van der Waals surface area (Å²) >= 11 is 0. The van der Waals surface area contributed by atoms with Crippen molar-refractivity contribution in [3.05, 3.63) is 29.8 Å². The Balaban J connectivity index is 1.41. The second-order valence-corrected chi connectivity index (χ2v) is 7.71. The summed E-state index contributed by atoms with van der Waals surface area (Å²) < 4.78 is 0. The largest absolute Gasteiger partial charge is 0.369 e. The van der Waals surface area contributed by atoms with Crippen molar-refractivity contribution in [3.8, 4) is 0 Å². The highest BCUT2D eigenvalue weighted by atomic mass is 16.2. The van der Waals surface area contributed by atoms with E-state index in [1.165, 1.54) is 43.4 Å². The minimum absolute atomic E-state index is 0.217. The van der Waals surface area contributed by atoms with E-state index >= 15 is 0 Å². The molecule has 2 fully saturated rings. The molecule has 2 aliphatic rings. The third-order valence-corrected chi connectivity index (χ3v) is 5.58. The minimum atomic E-state index is 0.217. The molecule has 1 N–H and O–H groups in total. The first-order valence-electron chi connectivity index (χ1n) is 10.0. The fraction of sp³-hybridized carbons (Fsp3) is 0.667. The lowest BCUT2D eigenvalue weighted by Crippen LogP contribution is -2.50. The van der Waals surface area contributed by atoms with E-state index in [-0.39, 0.29) is 5.91 Å². The van der Waals surface area contributed by atoms with Gasteiger partial charge in [-0.15, -0.1) is 0 Å². The van der Waals surface area contributed by atoms with Crippen LogP contribution >= 0.6 is 0 Å². The first-order valence-corrected chi connectivity index (χ1v) is 10.0. The van der Waals surface area contributed by atoms with Gasteiger partial charge in [0.15, 0.2) is 0 Å². The van der Waals surface area contributed by atoms with E-state index < -0.39 is 0 Å². The lowest BCUT2D eigenvalue weighted by Gasteiger charge is -2.36. The highest BCUT2D eigenvalue weighted by Gasteiger charge is 2.21. The normalized spacial score (nSPS) is 20.8. The second kappa shape index (κ2) is 9.23. The Kier molecular flexibility index (Phi) is 6.74. The van der Waals surface area contributed by atoms with Gasteiger partial charge in [0.05, 0.1) is 6.54 Å². The van der Waals surface area contributed by atoms with Crippen LogP contribution < -0.4 is 10.2 Å². The molecule has 4 heteroatoms. The number of nitrogens with one attached hydrogen (secondary N) is 1. The molecule has 1 aliphatic heterocycles. The van der Waals surface area contributed by atoms with E-state index in [0.29, 0.717) is 12.6 Å². The maximum atomic E-state index is 12.4. The summed E-state index contributed by atoms with van der Waals surface area (Å²) in [6, 6.07) is 9.10. The third-order valence-electron chi connectivity index (χ3n) is 5.58. The second-order valence-electron chi connectivity index (χ2n) is 7.71. The lowest BCUT2D eigenvalue weighted by molar-refractivity contribution is -0.123. The van der Waals surface area contributed by atoms with Crippen LogP contribution in [0.5, 0.6) is 0 Å². The monoisotopic (exact) mass is 343 g/mol. The van der Waals surface area contributed by atoms with Crippen molar-refractivity contribution in [1.29, 1.82) is 0 Å². The van der Waals surface area contributed by atoms with Crippen LogP contribution in [0.4, 0.5) is 5.69 Å². The molecular formula is C21H33N3O. The van der Waals surface area contributed by atoms with Crippen molar-refractivity contribution in [3.63, 3.8) is 0 Å². The molecule has 1 aromatic rings. The van der Waals surface area contributed by atoms with E-state index in [2.05, 4.69) is 46.3 Å². The molecule has 0 unspecified atom stereocenters. The maximum absolute atomic E-state index is 12.4. The van der Waals surface area contributed by atoms with Crippen LogP contribution in [0.2, 0.25) is 0 Å². The SMILES string of the molecule is Cc1cccc(N2CCN(CC(=O)NC3CCCCCCC3)CC2)c1.